The number of allylic oxidation sites excluding steroid dienone is 1. The largest absolute Gasteiger partial charge is 0.496 e. The number of ketones is 1. The Morgan fingerprint density at radius 2 is 1.88 bits per heavy atom. The fraction of sp³-hybridized carbons (Fsp3) is 0.190. The van der Waals surface area contributed by atoms with E-state index >= 15 is 0 Å². The molecule has 0 fully saturated rings. The van der Waals surface area contributed by atoms with Crippen molar-refractivity contribution in [3.8, 4) is 11.5 Å². The minimum Gasteiger partial charge on any atom is -0.496 e. The van der Waals surface area contributed by atoms with E-state index in [0.29, 0.717) is 17.1 Å². The van der Waals surface area contributed by atoms with Gasteiger partial charge in [0.15, 0.2) is 5.78 Å². The third-order valence-electron chi connectivity index (χ3n) is 3.87. The minimum absolute atomic E-state index is 0.140. The van der Waals surface area contributed by atoms with E-state index < -0.39 is 5.60 Å². The summed E-state index contributed by atoms with van der Waals surface area (Å²) in [7, 11) is 1.56. The van der Waals surface area contributed by atoms with Crippen LogP contribution < -0.4 is 9.47 Å². The molecule has 0 saturated carbocycles. The quantitative estimate of drug-likeness (QED) is 0.601. The van der Waals surface area contributed by atoms with Gasteiger partial charge in [-0.15, -0.1) is 0 Å². The summed E-state index contributed by atoms with van der Waals surface area (Å²) in [5, 5.41) is 0. The van der Waals surface area contributed by atoms with Crippen molar-refractivity contribution in [1.82, 2.24) is 0 Å². The summed E-state index contributed by atoms with van der Waals surface area (Å²) in [5.74, 6) is 0.950. The van der Waals surface area contributed by atoms with Crippen LogP contribution in [-0.4, -0.2) is 18.5 Å². The summed E-state index contributed by atoms with van der Waals surface area (Å²) in [6, 6.07) is 13.4. The predicted octanol–water partition coefficient (Wildman–Crippen LogP) is 4.78. The highest BCUT2D eigenvalue weighted by Crippen LogP contribution is 2.39. The number of carbonyl (C=O) groups excluding carboxylic acids is 1. The molecule has 1 aliphatic heterocycles. The van der Waals surface area contributed by atoms with E-state index in [9.17, 15) is 4.79 Å². The van der Waals surface area contributed by atoms with Crippen molar-refractivity contribution >= 4 is 17.9 Å². The maximum Gasteiger partial charge on any atom is 0.193 e. The van der Waals surface area contributed by atoms with Crippen LogP contribution in [0.1, 0.15) is 35.3 Å². The lowest BCUT2D eigenvalue weighted by atomic mass is 9.97. The maximum absolute atomic E-state index is 12.8. The molecule has 0 amide bonds. The van der Waals surface area contributed by atoms with Gasteiger partial charge in [-0.25, -0.2) is 0 Å². The molecule has 0 spiro atoms. The van der Waals surface area contributed by atoms with Crippen LogP contribution in [0.15, 0.2) is 54.6 Å². The van der Waals surface area contributed by atoms with E-state index in [4.69, 9.17) is 9.47 Å². The van der Waals surface area contributed by atoms with Gasteiger partial charge in [-0.3, -0.25) is 4.79 Å². The van der Waals surface area contributed by atoms with Gasteiger partial charge in [-0.05, 0) is 43.7 Å². The number of hydrogen-bond donors (Lipinski definition) is 0. The molecule has 0 aromatic heterocycles. The van der Waals surface area contributed by atoms with Gasteiger partial charge in [0, 0.05) is 5.56 Å². The van der Waals surface area contributed by atoms with Gasteiger partial charge in [0.25, 0.3) is 0 Å². The van der Waals surface area contributed by atoms with Crippen molar-refractivity contribution in [1.29, 1.82) is 0 Å². The zero-order chi connectivity index (χ0) is 17.2. The van der Waals surface area contributed by atoms with Gasteiger partial charge in [-0.1, -0.05) is 42.5 Å². The highest BCUT2D eigenvalue weighted by atomic mass is 16.5. The molecule has 3 heteroatoms. The predicted molar refractivity (Wildman–Crippen MR) is 96.5 cm³/mol. The summed E-state index contributed by atoms with van der Waals surface area (Å²) >= 11 is 0. The Hall–Kier alpha value is -2.81. The maximum atomic E-state index is 12.8. The zero-order valence-corrected chi connectivity index (χ0v) is 14.1. The average Bonchev–Trinajstić information content (AvgIpc) is 2.58. The summed E-state index contributed by atoms with van der Waals surface area (Å²) in [4.78, 5) is 12.8. The molecule has 3 rings (SSSR count). The van der Waals surface area contributed by atoms with E-state index in [1.165, 1.54) is 0 Å². The third-order valence-corrected chi connectivity index (χ3v) is 3.87. The lowest BCUT2D eigenvalue weighted by Gasteiger charge is -2.29. The third kappa shape index (κ3) is 3.25. The Kier molecular flexibility index (Phi) is 4.26. The molecular formula is C21H20O3. The van der Waals surface area contributed by atoms with E-state index in [2.05, 4.69) is 0 Å². The van der Waals surface area contributed by atoms with Crippen molar-refractivity contribution < 1.29 is 14.3 Å². The second-order valence-electron chi connectivity index (χ2n) is 6.21. The first-order valence-electron chi connectivity index (χ1n) is 7.87. The molecule has 0 unspecified atom stereocenters. The fourth-order valence-electron chi connectivity index (χ4n) is 2.63. The molecule has 2 aromatic rings. The Labute approximate surface area is 142 Å². The van der Waals surface area contributed by atoms with Crippen molar-refractivity contribution in [2.24, 2.45) is 0 Å². The summed E-state index contributed by atoms with van der Waals surface area (Å²) in [5.41, 5.74) is 1.85. The van der Waals surface area contributed by atoms with Gasteiger partial charge < -0.3 is 9.47 Å². The van der Waals surface area contributed by atoms with Gasteiger partial charge in [0.05, 0.1) is 7.11 Å². The van der Waals surface area contributed by atoms with Crippen molar-refractivity contribution in [2.45, 2.75) is 19.4 Å². The van der Waals surface area contributed by atoms with Crippen LogP contribution >= 0.6 is 0 Å². The summed E-state index contributed by atoms with van der Waals surface area (Å²) < 4.78 is 11.4. The van der Waals surface area contributed by atoms with Crippen LogP contribution in [0.2, 0.25) is 0 Å². The number of fused-ring (bicyclic) bond motifs is 1. The second kappa shape index (κ2) is 6.36. The van der Waals surface area contributed by atoms with Crippen LogP contribution in [0.25, 0.3) is 12.2 Å². The van der Waals surface area contributed by atoms with E-state index in [0.717, 1.165) is 11.1 Å². The second-order valence-corrected chi connectivity index (χ2v) is 6.21. The van der Waals surface area contributed by atoms with Gasteiger partial charge in [0.1, 0.15) is 22.7 Å². The molecule has 0 N–H and O–H groups in total. The molecule has 0 atom stereocenters. The van der Waals surface area contributed by atoms with Crippen molar-refractivity contribution in [3.63, 3.8) is 0 Å². The summed E-state index contributed by atoms with van der Waals surface area (Å²) in [6.07, 6.45) is 7.32. The van der Waals surface area contributed by atoms with Crippen LogP contribution in [0.3, 0.4) is 0 Å². The number of rotatable bonds is 4. The van der Waals surface area contributed by atoms with Crippen LogP contribution in [0, 0.1) is 0 Å². The number of methoxy groups -OCH3 is 1. The molecule has 2 aromatic carbocycles. The molecule has 1 heterocycles. The van der Waals surface area contributed by atoms with Crippen molar-refractivity contribution in [2.75, 3.05) is 7.11 Å². The van der Waals surface area contributed by atoms with E-state index in [-0.39, 0.29) is 5.78 Å². The van der Waals surface area contributed by atoms with Crippen LogP contribution in [-0.2, 0) is 0 Å². The lowest BCUT2D eigenvalue weighted by molar-refractivity contribution is 0.103. The normalized spacial score (nSPS) is 15.0. The fourth-order valence-corrected chi connectivity index (χ4v) is 2.63. The molecule has 0 bridgehead atoms. The van der Waals surface area contributed by atoms with Crippen molar-refractivity contribution in [3.05, 3.63) is 71.3 Å². The molecule has 122 valence electrons. The van der Waals surface area contributed by atoms with E-state index in [1.807, 2.05) is 62.4 Å². The van der Waals surface area contributed by atoms with E-state index in [1.54, 1.807) is 25.3 Å². The molecule has 3 nitrogen and oxygen atoms in total. The standard InChI is InChI=1S/C21H20O3/c1-21(2)14-13-16-10-12-18(23-3)19(20(16)24-21)17(22)11-9-15-7-5-4-6-8-15/h4-14H,1-3H3. The monoisotopic (exact) mass is 320 g/mol. The molecule has 0 saturated heterocycles. The topological polar surface area (TPSA) is 35.5 Å². The minimum atomic E-state index is -0.461. The molecule has 0 radical (unpaired) electrons. The Morgan fingerprint density at radius 3 is 2.58 bits per heavy atom. The number of ether oxygens (including phenoxy) is 2. The molecule has 1 aliphatic rings. The Morgan fingerprint density at radius 1 is 1.12 bits per heavy atom. The SMILES string of the molecule is COc1ccc2c(c1C(=O)C=Cc1ccccc1)OC(C)(C)C=C2. The smallest absolute Gasteiger partial charge is 0.193 e. The molecule has 0 aliphatic carbocycles. The zero-order valence-electron chi connectivity index (χ0n) is 14.1. The lowest BCUT2D eigenvalue weighted by Crippen LogP contribution is -2.28. The summed E-state index contributed by atoms with van der Waals surface area (Å²) in [6.45, 7) is 3.92. The first-order valence-corrected chi connectivity index (χ1v) is 7.87. The van der Waals surface area contributed by atoms with Gasteiger partial charge >= 0.3 is 0 Å². The highest BCUT2D eigenvalue weighted by molar-refractivity contribution is 6.11. The highest BCUT2D eigenvalue weighted by Gasteiger charge is 2.28. The number of hydrogen-bond acceptors (Lipinski definition) is 3. The molecular weight excluding hydrogens is 300 g/mol. The van der Waals surface area contributed by atoms with Crippen LogP contribution in [0.4, 0.5) is 0 Å². The average molecular weight is 320 g/mol. The number of carbonyl (C=O) groups is 1. The molecule has 24 heavy (non-hydrogen) atoms. The first-order chi connectivity index (χ1) is 11.5. The van der Waals surface area contributed by atoms with Gasteiger partial charge in [0.2, 0.25) is 0 Å². The first kappa shape index (κ1) is 16.1. The van der Waals surface area contributed by atoms with Crippen LogP contribution in [0.5, 0.6) is 11.5 Å². The van der Waals surface area contributed by atoms with Gasteiger partial charge in [-0.2, -0.15) is 0 Å². The Balaban J connectivity index is 2.02. The Bertz CT molecular complexity index is 814. The number of benzene rings is 2.